The van der Waals surface area contributed by atoms with Gasteiger partial charge in [0.05, 0.1) is 12.1 Å². The van der Waals surface area contributed by atoms with Gasteiger partial charge >= 0.3 is 0 Å². The molecule has 0 spiro atoms. The number of nitrogens with one attached hydrogen (secondary N) is 2. The van der Waals surface area contributed by atoms with Gasteiger partial charge in [-0.2, -0.15) is 0 Å². The molecule has 1 aliphatic heterocycles. The van der Waals surface area contributed by atoms with Crippen molar-refractivity contribution in [3.63, 3.8) is 0 Å². The van der Waals surface area contributed by atoms with Crippen LogP contribution in [0.4, 0.5) is 0 Å². The van der Waals surface area contributed by atoms with Gasteiger partial charge in [0.25, 0.3) is 5.91 Å². The first-order valence-electron chi connectivity index (χ1n) is 9.76. The molecule has 6 heteroatoms. The maximum Gasteiger partial charge on any atom is 0.256 e. The van der Waals surface area contributed by atoms with E-state index in [4.69, 9.17) is 10.2 Å². The second-order valence-corrected chi connectivity index (χ2v) is 7.27. The van der Waals surface area contributed by atoms with Crippen LogP contribution in [-0.4, -0.2) is 30.4 Å². The molecule has 2 aromatic rings. The van der Waals surface area contributed by atoms with Gasteiger partial charge in [0, 0.05) is 25.7 Å². The highest BCUT2D eigenvalue weighted by Gasteiger charge is 2.24. The van der Waals surface area contributed by atoms with E-state index in [0.717, 1.165) is 38.6 Å². The fraction of sp³-hybridized carbons (Fsp3) is 0.476. The van der Waals surface area contributed by atoms with E-state index >= 15 is 0 Å². The molecule has 6 nitrogen and oxygen atoms in total. The van der Waals surface area contributed by atoms with E-state index in [1.807, 2.05) is 7.05 Å². The van der Waals surface area contributed by atoms with Crippen molar-refractivity contribution in [1.29, 1.82) is 0 Å². The first-order chi connectivity index (χ1) is 13.2. The molecule has 3 rings (SSSR count). The molecule has 0 bridgehead atoms. The van der Waals surface area contributed by atoms with Gasteiger partial charge in [-0.25, -0.2) is 0 Å². The Kier molecular flexibility index (Phi) is 7.04. The van der Waals surface area contributed by atoms with Gasteiger partial charge in [-0.15, -0.1) is 0 Å². The second-order valence-electron chi connectivity index (χ2n) is 7.27. The molecule has 27 heavy (non-hydrogen) atoms. The number of hydrogen-bond acceptors (Lipinski definition) is 5. The lowest BCUT2D eigenvalue weighted by atomic mass is 9.99. The van der Waals surface area contributed by atoms with Crippen LogP contribution >= 0.6 is 0 Å². The number of nitrogens with two attached hydrogens (primary N) is 1. The van der Waals surface area contributed by atoms with Crippen LogP contribution in [-0.2, 0) is 6.54 Å². The molecule has 1 aliphatic rings. The number of carbonyl (C=O) groups is 1. The molecule has 1 fully saturated rings. The standard InChI is InChI=1S/C21H30N4O2/c1-25(21(26)17-12-19(14-22)27-15-17)11-7-3-6-10-18-13-20(24-23-18)16-8-4-2-5-9-16/h2,4-5,8-9,12,15,18,20,23-24H,3,6-7,10-11,13-14,22H2,1H3. The van der Waals surface area contributed by atoms with Crippen LogP contribution in [0.15, 0.2) is 47.1 Å². The summed E-state index contributed by atoms with van der Waals surface area (Å²) in [6, 6.07) is 13.2. The molecule has 2 unspecified atom stereocenters. The number of amides is 1. The van der Waals surface area contributed by atoms with Gasteiger partial charge in [0.15, 0.2) is 0 Å². The monoisotopic (exact) mass is 370 g/mol. The third-order valence-electron chi connectivity index (χ3n) is 5.18. The van der Waals surface area contributed by atoms with Crippen molar-refractivity contribution in [2.24, 2.45) is 5.73 Å². The van der Waals surface area contributed by atoms with Crippen molar-refractivity contribution < 1.29 is 9.21 Å². The van der Waals surface area contributed by atoms with Gasteiger partial charge in [-0.1, -0.05) is 43.2 Å². The zero-order valence-corrected chi connectivity index (χ0v) is 16.0. The number of nitrogens with zero attached hydrogens (tertiary/aromatic N) is 1. The van der Waals surface area contributed by atoms with Crippen LogP contribution < -0.4 is 16.6 Å². The largest absolute Gasteiger partial charge is 0.467 e. The van der Waals surface area contributed by atoms with Gasteiger partial charge in [0.1, 0.15) is 12.0 Å². The number of rotatable bonds is 9. The van der Waals surface area contributed by atoms with Crippen LogP contribution in [0.2, 0.25) is 0 Å². The van der Waals surface area contributed by atoms with Crippen molar-refractivity contribution in [2.45, 2.75) is 50.7 Å². The van der Waals surface area contributed by atoms with Crippen LogP contribution in [0.5, 0.6) is 0 Å². The predicted octanol–water partition coefficient (Wildman–Crippen LogP) is 2.98. The molecule has 1 aromatic carbocycles. The highest BCUT2D eigenvalue weighted by molar-refractivity contribution is 5.93. The Hall–Kier alpha value is -2.15. The van der Waals surface area contributed by atoms with Crippen molar-refractivity contribution in [1.82, 2.24) is 15.8 Å². The third-order valence-corrected chi connectivity index (χ3v) is 5.18. The van der Waals surface area contributed by atoms with Crippen molar-refractivity contribution >= 4 is 5.91 Å². The summed E-state index contributed by atoms with van der Waals surface area (Å²) < 4.78 is 5.24. The Bertz CT molecular complexity index is 716. The lowest BCUT2D eigenvalue weighted by Gasteiger charge is -2.16. The van der Waals surface area contributed by atoms with E-state index in [1.165, 1.54) is 11.8 Å². The Morgan fingerprint density at radius 1 is 1.22 bits per heavy atom. The van der Waals surface area contributed by atoms with Gasteiger partial charge in [-0.3, -0.25) is 15.6 Å². The van der Waals surface area contributed by atoms with Crippen LogP contribution in [0.3, 0.4) is 0 Å². The third kappa shape index (κ3) is 5.42. The minimum atomic E-state index is -0.00851. The summed E-state index contributed by atoms with van der Waals surface area (Å²) in [7, 11) is 1.84. The molecular formula is C21H30N4O2. The first kappa shape index (κ1) is 19.6. The van der Waals surface area contributed by atoms with Crippen LogP contribution in [0.25, 0.3) is 0 Å². The van der Waals surface area contributed by atoms with E-state index in [0.29, 0.717) is 30.0 Å². The van der Waals surface area contributed by atoms with E-state index < -0.39 is 0 Å². The quantitative estimate of drug-likeness (QED) is 0.591. The molecule has 1 aromatic heterocycles. The van der Waals surface area contributed by atoms with Gasteiger partial charge < -0.3 is 15.1 Å². The summed E-state index contributed by atoms with van der Waals surface area (Å²) in [6.45, 7) is 1.07. The van der Waals surface area contributed by atoms with E-state index in [-0.39, 0.29) is 5.91 Å². The lowest BCUT2D eigenvalue weighted by Crippen LogP contribution is -2.30. The van der Waals surface area contributed by atoms with Crippen LogP contribution in [0.1, 0.15) is 59.8 Å². The molecule has 2 heterocycles. The summed E-state index contributed by atoms with van der Waals surface area (Å²) in [5, 5.41) is 0. The summed E-state index contributed by atoms with van der Waals surface area (Å²) in [5.41, 5.74) is 14.2. The van der Waals surface area contributed by atoms with E-state index in [9.17, 15) is 4.79 Å². The summed E-state index contributed by atoms with van der Waals surface area (Å²) >= 11 is 0. The maximum atomic E-state index is 12.3. The molecule has 0 aliphatic carbocycles. The smallest absolute Gasteiger partial charge is 0.256 e. The minimum Gasteiger partial charge on any atom is -0.467 e. The van der Waals surface area contributed by atoms with Crippen molar-refractivity contribution in [3.8, 4) is 0 Å². The summed E-state index contributed by atoms with van der Waals surface area (Å²) in [4.78, 5) is 14.1. The topological polar surface area (TPSA) is 83.5 Å². The van der Waals surface area contributed by atoms with E-state index in [2.05, 4.69) is 41.2 Å². The van der Waals surface area contributed by atoms with Crippen molar-refractivity contribution in [3.05, 3.63) is 59.5 Å². The van der Waals surface area contributed by atoms with Crippen molar-refractivity contribution in [2.75, 3.05) is 13.6 Å². The fourth-order valence-corrected chi connectivity index (χ4v) is 3.55. The van der Waals surface area contributed by atoms with Gasteiger partial charge in [0.2, 0.25) is 0 Å². The summed E-state index contributed by atoms with van der Waals surface area (Å²) in [5.74, 6) is 0.629. The molecule has 4 N–H and O–H groups in total. The predicted molar refractivity (Wildman–Crippen MR) is 106 cm³/mol. The number of hydrazine groups is 1. The lowest BCUT2D eigenvalue weighted by molar-refractivity contribution is 0.0791. The molecule has 0 saturated carbocycles. The minimum absolute atomic E-state index is 0.00851. The van der Waals surface area contributed by atoms with E-state index in [1.54, 1.807) is 11.0 Å². The molecular weight excluding hydrogens is 340 g/mol. The normalized spacial score (nSPS) is 19.3. The van der Waals surface area contributed by atoms with Crippen LogP contribution in [0, 0.1) is 0 Å². The molecule has 2 atom stereocenters. The highest BCUT2D eigenvalue weighted by Crippen LogP contribution is 2.24. The average Bonchev–Trinajstić information content (AvgIpc) is 3.37. The number of benzene rings is 1. The number of furan rings is 1. The first-order valence-corrected chi connectivity index (χ1v) is 9.76. The molecule has 0 radical (unpaired) electrons. The Morgan fingerprint density at radius 3 is 2.78 bits per heavy atom. The number of carbonyl (C=O) groups excluding carboxylic acids is 1. The van der Waals surface area contributed by atoms with Gasteiger partial charge in [-0.05, 0) is 30.9 Å². The SMILES string of the molecule is CN(CCCCCC1CC(c2ccccc2)NN1)C(=O)c1coc(CN)c1. The maximum absolute atomic E-state index is 12.3. The Labute approximate surface area is 161 Å². The second kappa shape index (κ2) is 9.69. The Morgan fingerprint density at radius 2 is 2.04 bits per heavy atom. The highest BCUT2D eigenvalue weighted by atomic mass is 16.3. The molecule has 146 valence electrons. The number of hydrogen-bond donors (Lipinski definition) is 3. The number of unbranched alkanes of at least 4 members (excludes halogenated alkanes) is 2. The molecule has 1 saturated heterocycles. The zero-order chi connectivity index (χ0) is 19.1. The summed E-state index contributed by atoms with van der Waals surface area (Å²) in [6.07, 6.45) is 7.04. The average molecular weight is 370 g/mol. The Balaban J connectivity index is 1.31. The zero-order valence-electron chi connectivity index (χ0n) is 16.0. The molecule has 1 amide bonds. The fourth-order valence-electron chi connectivity index (χ4n) is 3.55.